The summed E-state index contributed by atoms with van der Waals surface area (Å²) in [5, 5.41) is 8.59. The van der Waals surface area contributed by atoms with E-state index in [0.717, 1.165) is 5.56 Å². The number of alkyl halides is 1. The summed E-state index contributed by atoms with van der Waals surface area (Å²) in [6.45, 7) is 1.83. The maximum atomic E-state index is 13.6. The highest BCUT2D eigenvalue weighted by Gasteiger charge is 2.46. The second-order valence-corrected chi connectivity index (χ2v) is 3.58. The van der Waals surface area contributed by atoms with E-state index in [2.05, 4.69) is 0 Å². The lowest BCUT2D eigenvalue weighted by Crippen LogP contribution is -2.27. The molecule has 2 nitrogen and oxygen atoms in total. The average Bonchev–Trinajstić information content (AvgIpc) is 2.42. The number of ketones is 1. The average molecular weight is 189 g/mol. The van der Waals surface area contributed by atoms with Crippen molar-refractivity contribution < 1.29 is 9.18 Å². The van der Waals surface area contributed by atoms with Crippen LogP contribution in [-0.4, -0.2) is 11.5 Å². The van der Waals surface area contributed by atoms with Gasteiger partial charge in [0.05, 0.1) is 0 Å². The molecule has 1 aliphatic carbocycles. The molecule has 1 aromatic carbocycles. The molecule has 0 aliphatic heterocycles. The molecule has 0 aromatic heterocycles. The summed E-state index contributed by atoms with van der Waals surface area (Å²) >= 11 is 0. The first-order valence-corrected chi connectivity index (χ1v) is 4.31. The van der Waals surface area contributed by atoms with Crippen molar-refractivity contribution in [2.24, 2.45) is 0 Å². The maximum Gasteiger partial charge on any atom is 0.261 e. The topological polar surface area (TPSA) is 40.9 Å². The number of hydrogen-bond acceptors (Lipinski definition) is 2. The maximum absolute atomic E-state index is 13.6. The Hall–Kier alpha value is -1.69. The van der Waals surface area contributed by atoms with Gasteiger partial charge in [-0.25, -0.2) is 4.39 Å². The van der Waals surface area contributed by atoms with Gasteiger partial charge in [-0.2, -0.15) is 5.26 Å². The summed E-state index contributed by atoms with van der Waals surface area (Å²) in [7, 11) is 0. The van der Waals surface area contributed by atoms with Gasteiger partial charge in [-0.3, -0.25) is 4.79 Å². The quantitative estimate of drug-likeness (QED) is 0.626. The first kappa shape index (κ1) is 8.89. The fourth-order valence-electron chi connectivity index (χ4n) is 1.70. The number of carbonyl (C=O) groups excluding carboxylic acids is 1. The molecule has 0 bridgehead atoms. The SMILES string of the molecule is Cc1ccc2c(c1)C(=O)C(F)(C#N)C2. The third kappa shape index (κ3) is 1.04. The molecule has 1 aromatic rings. The van der Waals surface area contributed by atoms with Crippen molar-refractivity contribution in [1.29, 1.82) is 5.26 Å². The number of Topliss-reactive ketones (excluding diaryl/α,β-unsaturated/α-hetero) is 1. The van der Waals surface area contributed by atoms with Crippen LogP contribution in [0.2, 0.25) is 0 Å². The molecular weight excluding hydrogens is 181 g/mol. The zero-order valence-electron chi connectivity index (χ0n) is 7.67. The first-order valence-electron chi connectivity index (χ1n) is 4.31. The number of aryl methyl sites for hydroxylation is 1. The fourth-order valence-corrected chi connectivity index (χ4v) is 1.70. The van der Waals surface area contributed by atoms with E-state index in [1.165, 1.54) is 6.07 Å². The number of carbonyl (C=O) groups is 1. The molecule has 0 saturated carbocycles. The molecular formula is C11H8FNO. The molecule has 1 atom stereocenters. The summed E-state index contributed by atoms with van der Waals surface area (Å²) in [6, 6.07) is 6.60. The van der Waals surface area contributed by atoms with E-state index in [9.17, 15) is 9.18 Å². The monoisotopic (exact) mass is 189 g/mol. The summed E-state index contributed by atoms with van der Waals surface area (Å²) in [4.78, 5) is 11.5. The Labute approximate surface area is 81.0 Å². The second-order valence-electron chi connectivity index (χ2n) is 3.58. The largest absolute Gasteiger partial charge is 0.289 e. The van der Waals surface area contributed by atoms with Crippen LogP contribution in [0.1, 0.15) is 21.5 Å². The lowest BCUT2D eigenvalue weighted by atomic mass is 10.0. The lowest BCUT2D eigenvalue weighted by molar-refractivity contribution is 0.0820. The van der Waals surface area contributed by atoms with E-state index in [0.29, 0.717) is 11.1 Å². The van der Waals surface area contributed by atoms with Gasteiger partial charge in [-0.05, 0) is 18.6 Å². The summed E-state index contributed by atoms with van der Waals surface area (Å²) < 4.78 is 13.6. The molecule has 0 heterocycles. The first-order chi connectivity index (χ1) is 6.57. The summed E-state index contributed by atoms with van der Waals surface area (Å²) in [6.07, 6.45) is -0.113. The molecule has 14 heavy (non-hydrogen) atoms. The van der Waals surface area contributed by atoms with Gasteiger partial charge in [0.15, 0.2) is 0 Å². The van der Waals surface area contributed by atoms with Crippen LogP contribution in [0.15, 0.2) is 18.2 Å². The molecule has 0 saturated heterocycles. The molecule has 3 heteroatoms. The minimum absolute atomic E-state index is 0.113. The third-order valence-corrected chi connectivity index (χ3v) is 2.48. The highest BCUT2D eigenvalue weighted by atomic mass is 19.1. The van der Waals surface area contributed by atoms with Crippen LogP contribution >= 0.6 is 0 Å². The number of hydrogen-bond donors (Lipinski definition) is 0. The molecule has 0 amide bonds. The fraction of sp³-hybridized carbons (Fsp3) is 0.273. The highest BCUT2D eigenvalue weighted by molar-refractivity contribution is 6.08. The number of nitriles is 1. The predicted octanol–water partition coefficient (Wildman–Crippen LogP) is 1.97. The van der Waals surface area contributed by atoms with Crippen molar-refractivity contribution in [3.63, 3.8) is 0 Å². The highest BCUT2D eigenvalue weighted by Crippen LogP contribution is 2.33. The molecule has 0 N–H and O–H groups in total. The number of benzene rings is 1. The Morgan fingerprint density at radius 2 is 2.29 bits per heavy atom. The minimum Gasteiger partial charge on any atom is -0.289 e. The van der Waals surface area contributed by atoms with Crippen LogP contribution in [0.5, 0.6) is 0 Å². The molecule has 70 valence electrons. The van der Waals surface area contributed by atoms with E-state index in [1.54, 1.807) is 12.1 Å². The summed E-state index contributed by atoms with van der Waals surface area (Å²) in [5.74, 6) is -0.696. The van der Waals surface area contributed by atoms with E-state index in [-0.39, 0.29) is 6.42 Å². The van der Waals surface area contributed by atoms with Crippen LogP contribution in [0.4, 0.5) is 4.39 Å². The molecule has 0 spiro atoms. The van der Waals surface area contributed by atoms with Crippen molar-refractivity contribution in [2.75, 3.05) is 0 Å². The Kier molecular flexibility index (Phi) is 1.68. The van der Waals surface area contributed by atoms with Gasteiger partial charge >= 0.3 is 0 Å². The Morgan fingerprint density at radius 1 is 1.57 bits per heavy atom. The van der Waals surface area contributed by atoms with E-state index in [1.807, 2.05) is 13.0 Å². The van der Waals surface area contributed by atoms with Crippen molar-refractivity contribution in [2.45, 2.75) is 19.0 Å². The molecule has 1 unspecified atom stereocenters. The van der Waals surface area contributed by atoms with Gasteiger partial charge in [0.1, 0.15) is 6.07 Å². The summed E-state index contributed by atoms with van der Waals surface area (Å²) in [5.41, 5.74) is -0.450. The Morgan fingerprint density at radius 3 is 2.93 bits per heavy atom. The minimum atomic E-state index is -2.34. The van der Waals surface area contributed by atoms with Gasteiger partial charge in [0.25, 0.3) is 5.67 Å². The molecule has 0 radical (unpaired) electrons. The standard InChI is InChI=1S/C11H8FNO/c1-7-2-3-8-5-11(12,6-13)10(14)9(8)4-7/h2-4H,5H2,1H3. The Balaban J connectivity index is 2.58. The van der Waals surface area contributed by atoms with Crippen LogP contribution in [0.25, 0.3) is 0 Å². The van der Waals surface area contributed by atoms with Crippen molar-refractivity contribution in [3.8, 4) is 6.07 Å². The van der Waals surface area contributed by atoms with Crippen LogP contribution < -0.4 is 0 Å². The molecule has 1 aliphatic rings. The van der Waals surface area contributed by atoms with E-state index < -0.39 is 11.5 Å². The molecule has 0 fully saturated rings. The van der Waals surface area contributed by atoms with Crippen LogP contribution in [0.3, 0.4) is 0 Å². The number of halogens is 1. The predicted molar refractivity (Wildman–Crippen MR) is 48.7 cm³/mol. The Bertz CT molecular complexity index is 461. The lowest BCUT2D eigenvalue weighted by Gasteiger charge is -2.04. The van der Waals surface area contributed by atoms with Crippen LogP contribution in [-0.2, 0) is 6.42 Å². The number of fused-ring (bicyclic) bond motifs is 1. The zero-order chi connectivity index (χ0) is 10.3. The van der Waals surface area contributed by atoms with Crippen molar-refractivity contribution >= 4 is 5.78 Å². The van der Waals surface area contributed by atoms with Crippen molar-refractivity contribution in [3.05, 3.63) is 34.9 Å². The van der Waals surface area contributed by atoms with E-state index in [4.69, 9.17) is 5.26 Å². The van der Waals surface area contributed by atoms with E-state index >= 15 is 0 Å². The molecule has 2 rings (SSSR count). The number of rotatable bonds is 0. The van der Waals surface area contributed by atoms with Crippen LogP contribution in [0, 0.1) is 18.3 Å². The van der Waals surface area contributed by atoms with Gasteiger partial charge < -0.3 is 0 Å². The van der Waals surface area contributed by atoms with Gasteiger partial charge in [-0.15, -0.1) is 0 Å². The zero-order valence-corrected chi connectivity index (χ0v) is 7.67. The van der Waals surface area contributed by atoms with Gasteiger partial charge in [0, 0.05) is 12.0 Å². The smallest absolute Gasteiger partial charge is 0.261 e. The number of nitrogens with zero attached hydrogens (tertiary/aromatic N) is 1. The third-order valence-electron chi connectivity index (χ3n) is 2.48. The van der Waals surface area contributed by atoms with Gasteiger partial charge in [-0.1, -0.05) is 17.7 Å². The van der Waals surface area contributed by atoms with Gasteiger partial charge in [0.2, 0.25) is 5.78 Å². The van der Waals surface area contributed by atoms with Crippen molar-refractivity contribution in [1.82, 2.24) is 0 Å². The second kappa shape index (κ2) is 2.65. The normalized spacial score (nSPS) is 24.5.